The van der Waals surface area contributed by atoms with E-state index in [4.69, 9.17) is 4.42 Å². The van der Waals surface area contributed by atoms with Crippen LogP contribution in [-0.2, 0) is 11.2 Å². The molecule has 1 amide bonds. The van der Waals surface area contributed by atoms with Gasteiger partial charge in [-0.2, -0.15) is 12.6 Å². The van der Waals surface area contributed by atoms with Crippen LogP contribution in [0.15, 0.2) is 4.42 Å². The fourth-order valence-corrected chi connectivity index (χ4v) is 1.86. The number of carbonyl (C=O) groups is 1. The van der Waals surface area contributed by atoms with Crippen molar-refractivity contribution in [2.45, 2.75) is 31.4 Å². The highest BCUT2D eigenvalue weighted by Crippen LogP contribution is 2.22. The summed E-state index contributed by atoms with van der Waals surface area (Å²) in [6.07, 6.45) is 2.14. The van der Waals surface area contributed by atoms with Gasteiger partial charge in [0.25, 0.3) is 0 Å². The third-order valence-corrected chi connectivity index (χ3v) is 2.60. The Balaban J connectivity index is 2.12. The van der Waals surface area contributed by atoms with Crippen molar-refractivity contribution in [1.29, 1.82) is 0 Å². The first-order valence-electron chi connectivity index (χ1n) is 5.01. The van der Waals surface area contributed by atoms with Crippen molar-refractivity contribution in [2.75, 3.05) is 11.4 Å². The van der Waals surface area contributed by atoms with Crippen LogP contribution in [0.25, 0.3) is 0 Å². The van der Waals surface area contributed by atoms with Crippen molar-refractivity contribution < 1.29 is 9.21 Å². The van der Waals surface area contributed by atoms with Gasteiger partial charge in [0.05, 0.1) is 0 Å². The van der Waals surface area contributed by atoms with Crippen LogP contribution in [0.3, 0.4) is 0 Å². The Hall–Kier alpha value is -1.04. The van der Waals surface area contributed by atoms with Gasteiger partial charge in [0.2, 0.25) is 11.8 Å². The highest BCUT2D eigenvalue weighted by Gasteiger charge is 2.31. The van der Waals surface area contributed by atoms with E-state index in [0.717, 1.165) is 12.8 Å². The molecule has 82 valence electrons. The maximum atomic E-state index is 11.5. The minimum atomic E-state index is 0.00157. The third-order valence-electron chi connectivity index (χ3n) is 2.26. The van der Waals surface area contributed by atoms with Crippen molar-refractivity contribution >= 4 is 24.6 Å². The minimum absolute atomic E-state index is 0.00157. The lowest BCUT2D eigenvalue weighted by molar-refractivity contribution is -0.117. The fraction of sp³-hybridized carbons (Fsp3) is 0.667. The van der Waals surface area contributed by atoms with Gasteiger partial charge in [-0.1, -0.05) is 12.0 Å². The molecule has 1 unspecified atom stereocenters. The average molecular weight is 227 g/mol. The number of thiol groups is 1. The van der Waals surface area contributed by atoms with Gasteiger partial charge in [-0.15, -0.1) is 5.10 Å². The second-order valence-electron chi connectivity index (χ2n) is 3.59. The lowest BCUT2D eigenvalue weighted by Gasteiger charge is -2.08. The Labute approximate surface area is 93.3 Å². The van der Waals surface area contributed by atoms with E-state index in [1.54, 1.807) is 0 Å². The van der Waals surface area contributed by atoms with E-state index in [1.807, 2.05) is 6.92 Å². The molecule has 0 N–H and O–H groups in total. The molecule has 0 aliphatic carbocycles. The summed E-state index contributed by atoms with van der Waals surface area (Å²) < 4.78 is 5.38. The molecule has 1 aliphatic heterocycles. The van der Waals surface area contributed by atoms with Crippen molar-refractivity contribution in [3.63, 3.8) is 0 Å². The zero-order valence-electron chi connectivity index (χ0n) is 8.51. The number of amides is 1. The van der Waals surface area contributed by atoms with Crippen LogP contribution in [0.1, 0.15) is 25.7 Å². The molecule has 0 radical (unpaired) electrons. The molecule has 1 aromatic heterocycles. The van der Waals surface area contributed by atoms with Crippen LogP contribution in [0.5, 0.6) is 0 Å². The Bertz CT molecular complexity index is 366. The van der Waals surface area contributed by atoms with E-state index in [2.05, 4.69) is 22.8 Å². The highest BCUT2D eigenvalue weighted by molar-refractivity contribution is 7.81. The number of carbonyl (C=O) groups excluding carboxylic acids is 1. The first kappa shape index (κ1) is 10.5. The molecule has 1 saturated heterocycles. The van der Waals surface area contributed by atoms with E-state index in [1.165, 1.54) is 4.90 Å². The normalized spacial score (nSPS) is 21.3. The number of hydrogen-bond donors (Lipinski definition) is 1. The number of aryl methyl sites for hydroxylation is 1. The minimum Gasteiger partial charge on any atom is -0.408 e. The standard InChI is InChI=1S/C9H13N3O2S/c1-2-3-7-10-11-9(14-7)12-5-6(15)4-8(12)13/h6,15H,2-5H2,1H3. The molecule has 0 aromatic carbocycles. The van der Waals surface area contributed by atoms with E-state index in [9.17, 15) is 4.79 Å². The van der Waals surface area contributed by atoms with Gasteiger partial charge >= 0.3 is 6.01 Å². The summed E-state index contributed by atoms with van der Waals surface area (Å²) in [6, 6.07) is 0.306. The predicted octanol–water partition coefficient (Wildman–Crippen LogP) is 1.06. The monoisotopic (exact) mass is 227 g/mol. The highest BCUT2D eigenvalue weighted by atomic mass is 32.1. The van der Waals surface area contributed by atoms with Gasteiger partial charge in [-0.3, -0.25) is 9.69 Å². The van der Waals surface area contributed by atoms with Gasteiger partial charge < -0.3 is 4.42 Å². The van der Waals surface area contributed by atoms with Crippen LogP contribution in [0.2, 0.25) is 0 Å². The van der Waals surface area contributed by atoms with Crippen molar-refractivity contribution in [2.24, 2.45) is 0 Å². The summed E-state index contributed by atoms with van der Waals surface area (Å²) in [7, 11) is 0. The Morgan fingerprint density at radius 3 is 3.00 bits per heavy atom. The van der Waals surface area contributed by atoms with E-state index >= 15 is 0 Å². The molecular formula is C9H13N3O2S. The molecule has 0 spiro atoms. The van der Waals surface area contributed by atoms with Gasteiger partial charge in [-0.25, -0.2) is 0 Å². The van der Waals surface area contributed by atoms with Gasteiger partial charge in [0.15, 0.2) is 0 Å². The summed E-state index contributed by atoms with van der Waals surface area (Å²) >= 11 is 4.26. The SMILES string of the molecule is CCCc1nnc(N2CC(S)CC2=O)o1. The molecule has 0 saturated carbocycles. The number of hydrogen-bond acceptors (Lipinski definition) is 5. The lowest BCUT2D eigenvalue weighted by atomic mass is 10.3. The Morgan fingerprint density at radius 1 is 1.60 bits per heavy atom. The van der Waals surface area contributed by atoms with E-state index in [-0.39, 0.29) is 11.2 Å². The number of anilines is 1. The van der Waals surface area contributed by atoms with Crippen LogP contribution < -0.4 is 4.90 Å². The molecule has 2 heterocycles. The topological polar surface area (TPSA) is 59.2 Å². The quantitative estimate of drug-likeness (QED) is 0.784. The summed E-state index contributed by atoms with van der Waals surface area (Å²) in [5.41, 5.74) is 0. The van der Waals surface area contributed by atoms with E-state index in [0.29, 0.717) is 24.9 Å². The molecular weight excluding hydrogens is 214 g/mol. The van der Waals surface area contributed by atoms with Gasteiger partial charge in [0.1, 0.15) is 0 Å². The molecule has 5 nitrogen and oxygen atoms in total. The zero-order valence-corrected chi connectivity index (χ0v) is 9.41. The maximum absolute atomic E-state index is 11.5. The second-order valence-corrected chi connectivity index (χ2v) is 4.32. The summed E-state index contributed by atoms with van der Waals surface area (Å²) in [5.74, 6) is 0.588. The average Bonchev–Trinajstić information content (AvgIpc) is 2.73. The third kappa shape index (κ3) is 2.14. The number of aromatic nitrogens is 2. The van der Waals surface area contributed by atoms with Gasteiger partial charge in [0, 0.05) is 24.6 Å². The summed E-state index contributed by atoms with van der Waals surface area (Å²) in [5, 5.41) is 7.80. The molecule has 1 atom stereocenters. The predicted molar refractivity (Wildman–Crippen MR) is 58.0 cm³/mol. The largest absolute Gasteiger partial charge is 0.408 e. The summed E-state index contributed by atoms with van der Waals surface area (Å²) in [4.78, 5) is 13.0. The second kappa shape index (κ2) is 4.22. The van der Waals surface area contributed by atoms with Crippen molar-refractivity contribution in [3.05, 3.63) is 5.89 Å². The molecule has 2 rings (SSSR count). The number of nitrogens with zero attached hydrogens (tertiary/aromatic N) is 3. The first-order chi connectivity index (χ1) is 7.20. The molecule has 6 heteroatoms. The van der Waals surface area contributed by atoms with Crippen molar-refractivity contribution in [3.8, 4) is 0 Å². The fourth-order valence-electron chi connectivity index (χ4n) is 1.54. The molecule has 1 fully saturated rings. The smallest absolute Gasteiger partial charge is 0.325 e. The summed E-state index contributed by atoms with van der Waals surface area (Å²) in [6.45, 7) is 2.59. The van der Waals surface area contributed by atoms with Crippen LogP contribution >= 0.6 is 12.6 Å². The Morgan fingerprint density at radius 2 is 2.40 bits per heavy atom. The molecule has 0 bridgehead atoms. The molecule has 15 heavy (non-hydrogen) atoms. The van der Waals surface area contributed by atoms with Crippen LogP contribution in [0, 0.1) is 0 Å². The molecule has 1 aromatic rings. The maximum Gasteiger partial charge on any atom is 0.325 e. The number of rotatable bonds is 3. The van der Waals surface area contributed by atoms with Crippen LogP contribution in [-0.4, -0.2) is 27.9 Å². The van der Waals surface area contributed by atoms with E-state index < -0.39 is 0 Å². The molecule has 1 aliphatic rings. The zero-order chi connectivity index (χ0) is 10.8. The van der Waals surface area contributed by atoms with Crippen LogP contribution in [0.4, 0.5) is 6.01 Å². The first-order valence-corrected chi connectivity index (χ1v) is 5.53. The Kier molecular flexibility index (Phi) is 2.95. The van der Waals surface area contributed by atoms with Crippen molar-refractivity contribution in [1.82, 2.24) is 10.2 Å². The van der Waals surface area contributed by atoms with Gasteiger partial charge in [-0.05, 0) is 6.42 Å². The lowest BCUT2D eigenvalue weighted by Crippen LogP contribution is -2.24.